The summed E-state index contributed by atoms with van der Waals surface area (Å²) in [5.74, 6) is 0. The fourth-order valence-corrected chi connectivity index (χ4v) is 1.48. The van der Waals surface area contributed by atoms with Gasteiger partial charge in [0.2, 0.25) is 0 Å². The van der Waals surface area contributed by atoms with Crippen LogP contribution in [0, 0.1) is 6.42 Å². The number of carbonyl (C=O) groups is 1. The molecular formula is C14H11OPd-. The van der Waals surface area contributed by atoms with Crippen LogP contribution in [0.3, 0.4) is 0 Å². The zero-order chi connectivity index (χ0) is 10.5. The number of hydrogen-bond acceptors (Lipinski definition) is 1. The molecule has 0 atom stereocenters. The van der Waals surface area contributed by atoms with Crippen LogP contribution in [0.2, 0.25) is 0 Å². The van der Waals surface area contributed by atoms with Crippen molar-refractivity contribution in [3.8, 4) is 0 Å². The van der Waals surface area contributed by atoms with Gasteiger partial charge in [-0.15, -0.1) is 35.7 Å². The molecule has 16 heavy (non-hydrogen) atoms. The van der Waals surface area contributed by atoms with Gasteiger partial charge in [0, 0.05) is 20.4 Å². The van der Waals surface area contributed by atoms with E-state index >= 15 is 0 Å². The van der Waals surface area contributed by atoms with Gasteiger partial charge in [0.15, 0.2) is 0 Å². The molecule has 0 aliphatic rings. The van der Waals surface area contributed by atoms with E-state index in [2.05, 4.69) is 0 Å². The maximum Gasteiger partial charge on any atom is 0.117 e. The molecule has 0 N–H and O–H groups in total. The largest absolute Gasteiger partial charge is 0.307 e. The van der Waals surface area contributed by atoms with Crippen molar-refractivity contribution in [2.24, 2.45) is 0 Å². The molecule has 2 aromatic carbocycles. The van der Waals surface area contributed by atoms with Gasteiger partial charge in [-0.1, -0.05) is 36.4 Å². The van der Waals surface area contributed by atoms with Gasteiger partial charge in [0.1, 0.15) is 6.29 Å². The van der Waals surface area contributed by atoms with Crippen LogP contribution in [0.5, 0.6) is 0 Å². The van der Waals surface area contributed by atoms with E-state index in [0.29, 0.717) is 0 Å². The zero-order valence-electron chi connectivity index (χ0n) is 8.58. The van der Waals surface area contributed by atoms with Gasteiger partial charge in [-0.25, -0.2) is 0 Å². The van der Waals surface area contributed by atoms with E-state index in [4.69, 9.17) is 0 Å². The molecule has 0 spiro atoms. The van der Waals surface area contributed by atoms with Gasteiger partial charge in [-0.3, -0.25) is 0 Å². The minimum Gasteiger partial charge on any atom is -0.307 e. The second-order valence-electron chi connectivity index (χ2n) is 3.30. The van der Waals surface area contributed by atoms with Crippen LogP contribution in [0.4, 0.5) is 0 Å². The third-order valence-electron chi connectivity index (χ3n) is 2.24. The minimum atomic E-state index is 0. The maximum absolute atomic E-state index is 10.8. The zero-order valence-corrected chi connectivity index (χ0v) is 10.1. The van der Waals surface area contributed by atoms with Crippen LogP contribution in [0.25, 0.3) is 0 Å². The van der Waals surface area contributed by atoms with Gasteiger partial charge in [-0.05, 0) is 5.56 Å². The summed E-state index contributed by atoms with van der Waals surface area (Å²) < 4.78 is 0. The quantitative estimate of drug-likeness (QED) is 0.484. The van der Waals surface area contributed by atoms with Gasteiger partial charge in [-0.2, -0.15) is 0 Å². The predicted octanol–water partition coefficient (Wildman–Crippen LogP) is 3.10. The third kappa shape index (κ3) is 3.07. The maximum atomic E-state index is 10.8. The van der Waals surface area contributed by atoms with Crippen molar-refractivity contribution in [3.63, 3.8) is 0 Å². The fraction of sp³-hybridized carbons (Fsp3) is 0. The number of hydrogen-bond donors (Lipinski definition) is 0. The fourth-order valence-electron chi connectivity index (χ4n) is 1.48. The average molecular weight is 302 g/mol. The van der Waals surface area contributed by atoms with Gasteiger partial charge >= 0.3 is 0 Å². The Morgan fingerprint density at radius 3 is 2.19 bits per heavy atom. The van der Waals surface area contributed by atoms with E-state index in [1.807, 2.05) is 61.0 Å². The van der Waals surface area contributed by atoms with Crippen molar-refractivity contribution >= 4 is 6.29 Å². The number of rotatable bonds is 3. The molecule has 0 unspecified atom stereocenters. The molecule has 0 radical (unpaired) electrons. The van der Waals surface area contributed by atoms with Crippen molar-refractivity contribution in [2.75, 3.05) is 0 Å². The molecule has 0 bridgehead atoms. The molecule has 0 aromatic heterocycles. The molecule has 0 saturated carbocycles. The van der Waals surface area contributed by atoms with E-state index in [-0.39, 0.29) is 20.4 Å². The Bertz CT molecular complexity index is 451. The predicted molar refractivity (Wildman–Crippen MR) is 60.8 cm³/mol. The topological polar surface area (TPSA) is 17.1 Å². The Morgan fingerprint density at radius 2 is 1.50 bits per heavy atom. The van der Waals surface area contributed by atoms with Crippen LogP contribution < -0.4 is 0 Å². The summed E-state index contributed by atoms with van der Waals surface area (Å²) >= 11 is 0. The number of aldehydes is 1. The van der Waals surface area contributed by atoms with Crippen LogP contribution in [0.1, 0.15) is 21.5 Å². The molecular weight excluding hydrogens is 291 g/mol. The first-order chi connectivity index (χ1) is 7.40. The van der Waals surface area contributed by atoms with Crippen molar-refractivity contribution in [1.29, 1.82) is 0 Å². The molecule has 1 nitrogen and oxygen atoms in total. The SMILES string of the molecule is O=Cc1ccccc1[CH-]c1ccccc1.[Pd]. The van der Waals surface area contributed by atoms with Crippen molar-refractivity contribution < 1.29 is 25.2 Å². The summed E-state index contributed by atoms with van der Waals surface area (Å²) in [4.78, 5) is 10.8. The summed E-state index contributed by atoms with van der Waals surface area (Å²) in [6.45, 7) is 0. The summed E-state index contributed by atoms with van der Waals surface area (Å²) in [6, 6.07) is 17.5. The van der Waals surface area contributed by atoms with E-state index < -0.39 is 0 Å². The molecule has 2 heteroatoms. The van der Waals surface area contributed by atoms with Crippen LogP contribution in [-0.2, 0) is 20.4 Å². The molecule has 0 heterocycles. The first-order valence-electron chi connectivity index (χ1n) is 4.84. The molecule has 0 aliphatic carbocycles. The minimum absolute atomic E-state index is 0. The van der Waals surface area contributed by atoms with E-state index in [0.717, 1.165) is 23.0 Å². The smallest absolute Gasteiger partial charge is 0.117 e. The van der Waals surface area contributed by atoms with E-state index in [1.54, 1.807) is 0 Å². The standard InChI is InChI=1S/C14H11O.Pd/c15-11-14-9-5-4-8-13(14)10-12-6-2-1-3-7-12;/h1-11H;/q-1;. The number of carbonyl (C=O) groups excluding carboxylic acids is 1. The Morgan fingerprint density at radius 1 is 0.875 bits per heavy atom. The Labute approximate surface area is 109 Å². The Kier molecular flexibility index (Phi) is 4.98. The monoisotopic (exact) mass is 301 g/mol. The molecule has 0 saturated heterocycles. The van der Waals surface area contributed by atoms with Gasteiger partial charge < -0.3 is 4.79 Å². The molecule has 0 fully saturated rings. The van der Waals surface area contributed by atoms with Crippen LogP contribution >= 0.6 is 0 Å². The van der Waals surface area contributed by atoms with Crippen molar-refractivity contribution in [1.82, 2.24) is 0 Å². The van der Waals surface area contributed by atoms with Crippen LogP contribution in [0.15, 0.2) is 54.6 Å². The summed E-state index contributed by atoms with van der Waals surface area (Å²) in [5, 5.41) is 0. The van der Waals surface area contributed by atoms with Gasteiger partial charge in [0.05, 0.1) is 0 Å². The van der Waals surface area contributed by atoms with E-state index in [1.165, 1.54) is 0 Å². The molecule has 2 rings (SSSR count). The Hall–Kier alpha value is -1.36. The van der Waals surface area contributed by atoms with Crippen LogP contribution in [-0.4, -0.2) is 6.29 Å². The summed E-state index contributed by atoms with van der Waals surface area (Å²) in [7, 11) is 0. The van der Waals surface area contributed by atoms with E-state index in [9.17, 15) is 4.79 Å². The van der Waals surface area contributed by atoms with Gasteiger partial charge in [0.25, 0.3) is 0 Å². The summed E-state index contributed by atoms with van der Waals surface area (Å²) in [5.41, 5.74) is 2.78. The second-order valence-corrected chi connectivity index (χ2v) is 3.30. The first-order valence-corrected chi connectivity index (χ1v) is 4.84. The first kappa shape index (κ1) is 12.7. The normalized spacial score (nSPS) is 9.00. The average Bonchev–Trinajstić information content (AvgIpc) is 2.31. The second kappa shape index (κ2) is 6.27. The Balaban J connectivity index is 0.00000128. The van der Waals surface area contributed by atoms with Crippen molar-refractivity contribution in [3.05, 3.63) is 77.7 Å². The molecule has 2 aromatic rings. The molecule has 0 amide bonds. The molecule has 0 aliphatic heterocycles. The number of benzene rings is 2. The molecule has 84 valence electrons. The summed E-state index contributed by atoms with van der Waals surface area (Å²) in [6.07, 6.45) is 2.89. The van der Waals surface area contributed by atoms with Crippen molar-refractivity contribution in [2.45, 2.75) is 0 Å². The third-order valence-corrected chi connectivity index (χ3v) is 2.24.